The summed E-state index contributed by atoms with van der Waals surface area (Å²) in [6.45, 7) is 13.2. The summed E-state index contributed by atoms with van der Waals surface area (Å²) in [7, 11) is 0. The molecule has 0 atom stereocenters. The highest BCUT2D eigenvalue weighted by molar-refractivity contribution is 5.86. The molecule has 0 aromatic heterocycles. The zero-order valence-electron chi connectivity index (χ0n) is 13.4. The van der Waals surface area contributed by atoms with E-state index in [1.54, 1.807) is 4.90 Å². The van der Waals surface area contributed by atoms with Gasteiger partial charge in [0.2, 0.25) is 5.91 Å². The lowest BCUT2D eigenvalue weighted by atomic mass is 9.79. The van der Waals surface area contributed by atoms with Crippen LogP contribution in [-0.2, 0) is 9.59 Å². The van der Waals surface area contributed by atoms with Gasteiger partial charge in [-0.3, -0.25) is 4.79 Å². The van der Waals surface area contributed by atoms with Gasteiger partial charge in [0.05, 0.1) is 0 Å². The molecule has 0 aliphatic heterocycles. The van der Waals surface area contributed by atoms with Crippen LogP contribution in [0.25, 0.3) is 0 Å². The first kappa shape index (κ1) is 17.9. The molecule has 1 N–H and O–H groups in total. The van der Waals surface area contributed by atoms with Crippen LogP contribution in [0.2, 0.25) is 0 Å². The van der Waals surface area contributed by atoms with Crippen LogP contribution in [0.15, 0.2) is 0 Å². The summed E-state index contributed by atoms with van der Waals surface area (Å²) < 4.78 is 0. The molecule has 0 heterocycles. The molecular weight excluding hydrogens is 242 g/mol. The van der Waals surface area contributed by atoms with Gasteiger partial charge < -0.3 is 10.0 Å². The largest absolute Gasteiger partial charge is 0.479 e. The Morgan fingerprint density at radius 2 is 1.37 bits per heavy atom. The van der Waals surface area contributed by atoms with Crippen molar-refractivity contribution in [3.05, 3.63) is 0 Å². The van der Waals surface area contributed by atoms with Gasteiger partial charge in [-0.05, 0) is 38.5 Å². The first-order valence-corrected chi connectivity index (χ1v) is 7.07. The number of rotatable bonds is 7. The Balaban J connectivity index is 5.77. The third kappa shape index (κ3) is 4.51. The van der Waals surface area contributed by atoms with Gasteiger partial charge in [0, 0.05) is 13.0 Å². The molecule has 19 heavy (non-hydrogen) atoms. The smallest absolute Gasteiger partial charge is 0.329 e. The molecule has 0 radical (unpaired) electrons. The summed E-state index contributed by atoms with van der Waals surface area (Å²) in [4.78, 5) is 25.5. The molecule has 0 saturated heterocycles. The minimum atomic E-state index is -1.09. The molecule has 1 amide bonds. The Morgan fingerprint density at radius 3 is 1.53 bits per heavy atom. The maximum atomic E-state index is 12.0. The third-order valence-corrected chi connectivity index (χ3v) is 3.21. The fourth-order valence-corrected chi connectivity index (χ4v) is 3.07. The number of carbonyl (C=O) groups excluding carboxylic acids is 1. The van der Waals surface area contributed by atoms with Gasteiger partial charge in [-0.15, -0.1) is 0 Å². The topological polar surface area (TPSA) is 57.6 Å². The Morgan fingerprint density at radius 1 is 1.00 bits per heavy atom. The predicted octanol–water partition coefficient (Wildman–Crippen LogP) is 3.16. The van der Waals surface area contributed by atoms with Gasteiger partial charge in [-0.2, -0.15) is 0 Å². The van der Waals surface area contributed by atoms with E-state index in [2.05, 4.69) is 0 Å². The van der Waals surface area contributed by atoms with Gasteiger partial charge in [-0.1, -0.05) is 27.7 Å². The molecule has 4 heteroatoms. The summed E-state index contributed by atoms with van der Waals surface area (Å²) in [5, 5.41) is 9.80. The number of carboxylic acids is 1. The molecule has 0 saturated carbocycles. The number of amides is 1. The quantitative estimate of drug-likeness (QED) is 0.773. The molecule has 0 aliphatic carbocycles. The Bertz CT molecular complexity index is 311. The zero-order valence-corrected chi connectivity index (χ0v) is 13.4. The average molecular weight is 271 g/mol. The van der Waals surface area contributed by atoms with Crippen molar-refractivity contribution in [1.29, 1.82) is 0 Å². The summed E-state index contributed by atoms with van der Waals surface area (Å²) >= 11 is 0. The molecular formula is C15H29NO3. The van der Waals surface area contributed by atoms with Crippen LogP contribution in [0.4, 0.5) is 0 Å². The van der Waals surface area contributed by atoms with Gasteiger partial charge in [-0.25, -0.2) is 4.79 Å². The van der Waals surface area contributed by atoms with Gasteiger partial charge in [0.1, 0.15) is 5.54 Å². The van der Waals surface area contributed by atoms with E-state index in [0.29, 0.717) is 12.8 Å². The van der Waals surface area contributed by atoms with Crippen LogP contribution in [0.1, 0.15) is 61.3 Å². The average Bonchev–Trinajstić information content (AvgIpc) is 2.12. The van der Waals surface area contributed by atoms with Crippen molar-refractivity contribution in [3.63, 3.8) is 0 Å². The molecule has 4 nitrogen and oxygen atoms in total. The van der Waals surface area contributed by atoms with Crippen LogP contribution in [-0.4, -0.2) is 33.5 Å². The Kier molecular flexibility index (Phi) is 6.53. The minimum Gasteiger partial charge on any atom is -0.479 e. The summed E-state index contributed by atoms with van der Waals surface area (Å²) in [6, 6.07) is -0.119. The molecule has 0 aliphatic rings. The van der Waals surface area contributed by atoms with E-state index in [9.17, 15) is 14.7 Å². The normalized spacial score (nSPS) is 12.3. The molecule has 112 valence electrons. The second-order valence-corrected chi connectivity index (χ2v) is 6.52. The second-order valence-electron chi connectivity index (χ2n) is 6.52. The molecule has 0 fully saturated rings. The maximum Gasteiger partial charge on any atom is 0.329 e. The predicted molar refractivity (Wildman–Crippen MR) is 76.9 cm³/mol. The molecule has 0 rings (SSSR count). The van der Waals surface area contributed by atoms with E-state index in [4.69, 9.17) is 0 Å². The molecule has 0 aromatic carbocycles. The highest BCUT2D eigenvalue weighted by atomic mass is 16.4. The molecule has 0 spiro atoms. The first-order chi connectivity index (χ1) is 8.54. The van der Waals surface area contributed by atoms with E-state index >= 15 is 0 Å². The van der Waals surface area contributed by atoms with Crippen LogP contribution < -0.4 is 0 Å². The highest BCUT2D eigenvalue weighted by Gasteiger charge is 2.47. The number of carbonyl (C=O) groups is 2. The maximum absolute atomic E-state index is 12.0. The van der Waals surface area contributed by atoms with Crippen LogP contribution in [0.5, 0.6) is 0 Å². The number of aliphatic carboxylic acids is 1. The van der Waals surface area contributed by atoms with E-state index < -0.39 is 11.5 Å². The lowest BCUT2D eigenvalue weighted by Gasteiger charge is -2.44. The van der Waals surface area contributed by atoms with Crippen molar-refractivity contribution in [2.45, 2.75) is 72.9 Å². The number of carboxylic acid groups (broad SMARTS) is 1. The van der Waals surface area contributed by atoms with Crippen LogP contribution in [0, 0.1) is 11.8 Å². The van der Waals surface area contributed by atoms with Crippen LogP contribution >= 0.6 is 0 Å². The van der Waals surface area contributed by atoms with Gasteiger partial charge in [0.25, 0.3) is 0 Å². The fourth-order valence-electron chi connectivity index (χ4n) is 3.07. The number of nitrogens with zero attached hydrogens (tertiary/aromatic N) is 1. The highest BCUT2D eigenvalue weighted by Crippen LogP contribution is 2.33. The molecule has 0 bridgehead atoms. The lowest BCUT2D eigenvalue weighted by molar-refractivity contribution is -0.164. The van der Waals surface area contributed by atoms with Crippen molar-refractivity contribution < 1.29 is 14.7 Å². The summed E-state index contributed by atoms with van der Waals surface area (Å²) in [6.07, 6.45) is 0.969. The SMILES string of the molecule is CC(=O)N(C(C)C)C(CC(C)C)(CC(C)C)C(=O)O. The molecule has 0 unspecified atom stereocenters. The minimum absolute atomic E-state index is 0.119. The molecule has 0 aromatic rings. The van der Waals surface area contributed by atoms with Crippen molar-refractivity contribution in [3.8, 4) is 0 Å². The Labute approximate surface area is 117 Å². The standard InChI is InChI=1S/C15H29NO3/c1-10(2)8-15(14(18)19,9-11(3)4)16(12(5)6)13(7)17/h10-12H,8-9H2,1-7H3,(H,18,19). The van der Waals surface area contributed by atoms with Crippen molar-refractivity contribution in [1.82, 2.24) is 4.90 Å². The van der Waals surface area contributed by atoms with E-state index in [-0.39, 0.29) is 23.8 Å². The second kappa shape index (κ2) is 6.92. The monoisotopic (exact) mass is 271 g/mol. The first-order valence-electron chi connectivity index (χ1n) is 7.07. The van der Waals surface area contributed by atoms with Crippen molar-refractivity contribution in [2.24, 2.45) is 11.8 Å². The number of hydrogen-bond donors (Lipinski definition) is 1. The zero-order chi connectivity index (χ0) is 15.4. The Hall–Kier alpha value is -1.06. The van der Waals surface area contributed by atoms with E-state index in [1.807, 2.05) is 41.5 Å². The fraction of sp³-hybridized carbons (Fsp3) is 0.867. The summed E-state index contributed by atoms with van der Waals surface area (Å²) in [5.74, 6) is -0.622. The summed E-state index contributed by atoms with van der Waals surface area (Å²) in [5.41, 5.74) is -1.09. The van der Waals surface area contributed by atoms with Crippen molar-refractivity contribution >= 4 is 11.9 Å². The lowest BCUT2D eigenvalue weighted by Crippen LogP contribution is -2.60. The van der Waals surface area contributed by atoms with E-state index in [0.717, 1.165) is 0 Å². The van der Waals surface area contributed by atoms with Gasteiger partial charge >= 0.3 is 5.97 Å². The van der Waals surface area contributed by atoms with E-state index in [1.165, 1.54) is 6.92 Å². The number of hydrogen-bond acceptors (Lipinski definition) is 2. The van der Waals surface area contributed by atoms with Crippen LogP contribution in [0.3, 0.4) is 0 Å². The van der Waals surface area contributed by atoms with Crippen molar-refractivity contribution in [2.75, 3.05) is 0 Å². The van der Waals surface area contributed by atoms with Gasteiger partial charge in [0.15, 0.2) is 0 Å². The third-order valence-electron chi connectivity index (χ3n) is 3.21.